The predicted octanol–water partition coefficient (Wildman–Crippen LogP) is 1.04. The summed E-state index contributed by atoms with van der Waals surface area (Å²) in [5.41, 5.74) is 0.844. The van der Waals surface area contributed by atoms with Crippen molar-refractivity contribution in [3.8, 4) is 0 Å². The largest absolute Gasteiger partial charge is 0.320 e. The molecular formula is C13H16FN3O. The summed E-state index contributed by atoms with van der Waals surface area (Å²) in [5.74, 6) is -0.251. The van der Waals surface area contributed by atoms with Gasteiger partial charge in [-0.1, -0.05) is 12.1 Å². The number of rotatable bonds is 2. The summed E-state index contributed by atoms with van der Waals surface area (Å²) in [6.45, 7) is 3.69. The summed E-state index contributed by atoms with van der Waals surface area (Å²) in [4.78, 5) is 15.9. The standard InChI is InChI=1S/C13H16FN3O/c14-11-3-1-2-10(6-11)8-16-9-12-7-15-4-5-17(12)13(16)18/h1-3,6,12,15H,4-5,7-9H2. The first-order chi connectivity index (χ1) is 8.74. The number of urea groups is 1. The second-order valence-corrected chi connectivity index (χ2v) is 4.84. The summed E-state index contributed by atoms with van der Waals surface area (Å²) in [5, 5.41) is 3.29. The number of carbonyl (C=O) groups is 1. The van der Waals surface area contributed by atoms with Gasteiger partial charge in [-0.15, -0.1) is 0 Å². The van der Waals surface area contributed by atoms with Gasteiger partial charge in [0.1, 0.15) is 5.82 Å². The maximum Gasteiger partial charge on any atom is 0.320 e. The van der Waals surface area contributed by atoms with Gasteiger partial charge in [-0.2, -0.15) is 0 Å². The molecule has 0 spiro atoms. The molecule has 0 aliphatic carbocycles. The topological polar surface area (TPSA) is 35.6 Å². The second kappa shape index (κ2) is 4.57. The number of carbonyl (C=O) groups excluding carboxylic acids is 1. The van der Waals surface area contributed by atoms with Gasteiger partial charge in [0.15, 0.2) is 0 Å². The molecule has 0 saturated carbocycles. The van der Waals surface area contributed by atoms with Gasteiger partial charge in [0.25, 0.3) is 0 Å². The van der Waals surface area contributed by atoms with E-state index in [-0.39, 0.29) is 17.9 Å². The van der Waals surface area contributed by atoms with Crippen LogP contribution in [0, 0.1) is 5.82 Å². The normalized spacial score (nSPS) is 23.4. The van der Waals surface area contributed by atoms with Crippen LogP contribution in [0.4, 0.5) is 9.18 Å². The van der Waals surface area contributed by atoms with Crippen LogP contribution in [0.2, 0.25) is 0 Å². The lowest BCUT2D eigenvalue weighted by molar-refractivity contribution is 0.178. The molecule has 1 unspecified atom stereocenters. The molecule has 2 saturated heterocycles. The van der Waals surface area contributed by atoms with Crippen LogP contribution in [-0.4, -0.2) is 48.1 Å². The molecule has 3 rings (SSSR count). The van der Waals surface area contributed by atoms with Gasteiger partial charge in [0, 0.05) is 32.7 Å². The molecule has 1 N–H and O–H groups in total. The van der Waals surface area contributed by atoms with E-state index in [9.17, 15) is 9.18 Å². The lowest BCUT2D eigenvalue weighted by Crippen LogP contribution is -2.49. The summed E-state index contributed by atoms with van der Waals surface area (Å²) >= 11 is 0. The first-order valence-electron chi connectivity index (χ1n) is 6.25. The molecule has 0 aromatic heterocycles. The molecule has 1 aromatic rings. The Morgan fingerprint density at radius 1 is 1.44 bits per heavy atom. The highest BCUT2D eigenvalue weighted by atomic mass is 19.1. The second-order valence-electron chi connectivity index (χ2n) is 4.84. The third kappa shape index (κ3) is 2.06. The van der Waals surface area contributed by atoms with Gasteiger partial charge < -0.3 is 15.1 Å². The molecule has 2 fully saturated rings. The monoisotopic (exact) mass is 249 g/mol. The molecule has 18 heavy (non-hydrogen) atoms. The van der Waals surface area contributed by atoms with E-state index in [4.69, 9.17) is 0 Å². The molecule has 1 atom stereocenters. The number of hydrogen-bond acceptors (Lipinski definition) is 2. The molecule has 2 amide bonds. The van der Waals surface area contributed by atoms with Crippen molar-refractivity contribution in [3.05, 3.63) is 35.6 Å². The Balaban J connectivity index is 1.72. The van der Waals surface area contributed by atoms with Crippen LogP contribution in [0.25, 0.3) is 0 Å². The molecule has 4 nitrogen and oxygen atoms in total. The summed E-state index contributed by atoms with van der Waals surface area (Å²) in [6, 6.07) is 6.78. The van der Waals surface area contributed by atoms with E-state index in [1.165, 1.54) is 12.1 Å². The molecule has 2 heterocycles. The predicted molar refractivity (Wildman–Crippen MR) is 65.6 cm³/mol. The third-order valence-electron chi connectivity index (χ3n) is 3.56. The van der Waals surface area contributed by atoms with Gasteiger partial charge in [-0.3, -0.25) is 0 Å². The van der Waals surface area contributed by atoms with Crippen molar-refractivity contribution in [1.82, 2.24) is 15.1 Å². The Morgan fingerprint density at radius 3 is 3.11 bits per heavy atom. The Bertz CT molecular complexity index is 465. The average molecular weight is 249 g/mol. The van der Waals surface area contributed by atoms with Crippen molar-refractivity contribution in [1.29, 1.82) is 0 Å². The zero-order valence-electron chi connectivity index (χ0n) is 10.1. The van der Waals surface area contributed by atoms with E-state index >= 15 is 0 Å². The Labute approximate surface area is 105 Å². The van der Waals surface area contributed by atoms with Crippen LogP contribution in [0.15, 0.2) is 24.3 Å². The van der Waals surface area contributed by atoms with Gasteiger partial charge in [-0.05, 0) is 17.7 Å². The Kier molecular flexibility index (Phi) is 2.91. The molecule has 0 bridgehead atoms. The van der Waals surface area contributed by atoms with Crippen molar-refractivity contribution in [3.63, 3.8) is 0 Å². The number of benzene rings is 1. The molecule has 2 aliphatic rings. The van der Waals surface area contributed by atoms with E-state index in [1.54, 1.807) is 11.0 Å². The average Bonchev–Trinajstić information content (AvgIpc) is 2.67. The fraction of sp³-hybridized carbons (Fsp3) is 0.462. The van der Waals surface area contributed by atoms with Crippen LogP contribution < -0.4 is 5.32 Å². The SMILES string of the molecule is O=C1N(Cc2cccc(F)c2)CC2CNCCN12. The third-order valence-corrected chi connectivity index (χ3v) is 3.56. The number of nitrogens with zero attached hydrogens (tertiary/aromatic N) is 2. The first kappa shape index (κ1) is 11.5. The van der Waals surface area contributed by atoms with Gasteiger partial charge >= 0.3 is 6.03 Å². The van der Waals surface area contributed by atoms with Crippen LogP contribution in [-0.2, 0) is 6.54 Å². The smallest absolute Gasteiger partial charge is 0.318 e. The van der Waals surface area contributed by atoms with Gasteiger partial charge in [-0.25, -0.2) is 9.18 Å². The number of amides is 2. The first-order valence-corrected chi connectivity index (χ1v) is 6.25. The maximum absolute atomic E-state index is 13.1. The van der Waals surface area contributed by atoms with E-state index < -0.39 is 0 Å². The summed E-state index contributed by atoms with van der Waals surface area (Å²) in [7, 11) is 0. The van der Waals surface area contributed by atoms with Crippen LogP contribution >= 0.6 is 0 Å². The minimum Gasteiger partial charge on any atom is -0.318 e. The number of halogens is 1. The quantitative estimate of drug-likeness (QED) is 0.850. The summed E-state index contributed by atoms with van der Waals surface area (Å²) in [6.07, 6.45) is 0. The molecular weight excluding hydrogens is 233 g/mol. The molecule has 5 heteroatoms. The number of piperazine rings is 1. The number of fused-ring (bicyclic) bond motifs is 1. The van der Waals surface area contributed by atoms with Crippen molar-refractivity contribution >= 4 is 6.03 Å². The number of nitrogens with one attached hydrogen (secondary N) is 1. The minimum atomic E-state index is -0.251. The molecule has 96 valence electrons. The highest BCUT2D eigenvalue weighted by Gasteiger charge is 2.38. The van der Waals surface area contributed by atoms with Crippen molar-refractivity contribution in [2.24, 2.45) is 0 Å². The van der Waals surface area contributed by atoms with Gasteiger partial charge in [0.2, 0.25) is 0 Å². The Hall–Kier alpha value is -1.62. The van der Waals surface area contributed by atoms with Crippen molar-refractivity contribution in [2.75, 3.05) is 26.2 Å². The van der Waals surface area contributed by atoms with E-state index in [0.717, 1.165) is 31.7 Å². The number of hydrogen-bond donors (Lipinski definition) is 1. The minimum absolute atomic E-state index is 0.0748. The lowest BCUT2D eigenvalue weighted by Gasteiger charge is -2.28. The summed E-state index contributed by atoms with van der Waals surface area (Å²) < 4.78 is 13.1. The maximum atomic E-state index is 13.1. The molecule has 0 radical (unpaired) electrons. The molecule has 2 aliphatic heterocycles. The van der Waals surface area contributed by atoms with Crippen molar-refractivity contribution in [2.45, 2.75) is 12.6 Å². The van der Waals surface area contributed by atoms with Crippen molar-refractivity contribution < 1.29 is 9.18 Å². The van der Waals surface area contributed by atoms with E-state index in [2.05, 4.69) is 5.32 Å². The zero-order valence-corrected chi connectivity index (χ0v) is 10.1. The zero-order chi connectivity index (χ0) is 12.5. The highest BCUT2D eigenvalue weighted by Crippen LogP contribution is 2.19. The van der Waals surface area contributed by atoms with Crippen LogP contribution in [0.5, 0.6) is 0 Å². The fourth-order valence-electron chi connectivity index (χ4n) is 2.68. The fourth-order valence-corrected chi connectivity index (χ4v) is 2.68. The van der Waals surface area contributed by atoms with Crippen LogP contribution in [0.1, 0.15) is 5.56 Å². The molecule has 1 aromatic carbocycles. The van der Waals surface area contributed by atoms with E-state index in [1.807, 2.05) is 11.0 Å². The highest BCUT2D eigenvalue weighted by molar-refractivity contribution is 5.77. The van der Waals surface area contributed by atoms with Crippen LogP contribution in [0.3, 0.4) is 0 Å². The lowest BCUT2D eigenvalue weighted by atomic mass is 10.2. The van der Waals surface area contributed by atoms with E-state index in [0.29, 0.717) is 6.54 Å². The van der Waals surface area contributed by atoms with Gasteiger partial charge in [0.05, 0.1) is 6.04 Å². The Morgan fingerprint density at radius 2 is 2.33 bits per heavy atom.